The highest BCUT2D eigenvalue weighted by atomic mass is 32.1. The molecule has 1 aromatic heterocycles. The Bertz CT molecular complexity index is 319. The molecule has 0 fully saturated rings. The first-order valence-corrected chi connectivity index (χ1v) is 6.30. The second-order valence-corrected chi connectivity index (χ2v) is 5.75. The SMILES string of the molecule is COCCC(C)Nc1nc(C(C)(C)C)ns1. The van der Waals surface area contributed by atoms with Gasteiger partial charge in [0.25, 0.3) is 0 Å². The third-order valence-electron chi connectivity index (χ3n) is 2.22. The minimum Gasteiger partial charge on any atom is -0.385 e. The van der Waals surface area contributed by atoms with E-state index in [-0.39, 0.29) is 5.41 Å². The van der Waals surface area contributed by atoms with E-state index in [0.29, 0.717) is 6.04 Å². The number of hydrogen-bond acceptors (Lipinski definition) is 5. The Morgan fingerprint density at radius 1 is 1.44 bits per heavy atom. The van der Waals surface area contributed by atoms with Gasteiger partial charge >= 0.3 is 0 Å². The van der Waals surface area contributed by atoms with E-state index >= 15 is 0 Å². The molecule has 4 nitrogen and oxygen atoms in total. The van der Waals surface area contributed by atoms with Crippen molar-refractivity contribution < 1.29 is 4.74 Å². The van der Waals surface area contributed by atoms with Gasteiger partial charge in [0.05, 0.1) is 0 Å². The van der Waals surface area contributed by atoms with E-state index in [1.165, 1.54) is 11.5 Å². The Labute approximate surface area is 102 Å². The molecule has 1 aromatic rings. The number of nitrogens with zero attached hydrogens (tertiary/aromatic N) is 2. The van der Waals surface area contributed by atoms with E-state index in [9.17, 15) is 0 Å². The van der Waals surface area contributed by atoms with Crippen molar-refractivity contribution in [2.75, 3.05) is 19.0 Å². The Hall–Kier alpha value is -0.680. The molecule has 1 atom stereocenters. The number of ether oxygens (including phenoxy) is 1. The van der Waals surface area contributed by atoms with Crippen LogP contribution >= 0.6 is 11.5 Å². The first-order valence-electron chi connectivity index (χ1n) is 5.53. The Balaban J connectivity index is 2.52. The molecule has 1 unspecified atom stereocenters. The average Bonchev–Trinajstić information content (AvgIpc) is 2.62. The molecule has 0 bridgehead atoms. The minimum atomic E-state index is 0.0200. The van der Waals surface area contributed by atoms with Crippen molar-refractivity contribution in [3.63, 3.8) is 0 Å². The predicted octanol–water partition coefficient (Wildman–Crippen LogP) is 2.67. The first-order chi connectivity index (χ1) is 7.43. The molecule has 1 rings (SSSR count). The highest BCUT2D eigenvalue weighted by molar-refractivity contribution is 7.09. The fraction of sp³-hybridized carbons (Fsp3) is 0.818. The van der Waals surface area contributed by atoms with Gasteiger partial charge in [0.2, 0.25) is 5.13 Å². The largest absolute Gasteiger partial charge is 0.385 e. The van der Waals surface area contributed by atoms with Crippen LogP contribution in [0.3, 0.4) is 0 Å². The van der Waals surface area contributed by atoms with E-state index in [0.717, 1.165) is 24.0 Å². The van der Waals surface area contributed by atoms with Crippen molar-refractivity contribution in [2.45, 2.75) is 45.6 Å². The molecular formula is C11H21N3OS. The van der Waals surface area contributed by atoms with Crippen molar-refractivity contribution in [3.05, 3.63) is 5.82 Å². The van der Waals surface area contributed by atoms with Gasteiger partial charge in [0.15, 0.2) is 0 Å². The summed E-state index contributed by atoms with van der Waals surface area (Å²) in [6, 6.07) is 0.362. The molecule has 0 saturated carbocycles. The van der Waals surface area contributed by atoms with Crippen LogP contribution in [-0.4, -0.2) is 29.1 Å². The Morgan fingerprint density at radius 3 is 2.62 bits per heavy atom. The lowest BCUT2D eigenvalue weighted by Crippen LogP contribution is -2.18. The van der Waals surface area contributed by atoms with E-state index in [4.69, 9.17) is 4.74 Å². The maximum absolute atomic E-state index is 5.04. The normalized spacial score (nSPS) is 13.8. The van der Waals surface area contributed by atoms with Gasteiger partial charge in [-0.2, -0.15) is 4.37 Å². The van der Waals surface area contributed by atoms with Crippen LogP contribution in [0.15, 0.2) is 0 Å². The van der Waals surface area contributed by atoms with Crippen molar-refractivity contribution in [1.82, 2.24) is 9.36 Å². The van der Waals surface area contributed by atoms with Crippen LogP contribution in [0.25, 0.3) is 0 Å². The summed E-state index contributed by atoms with van der Waals surface area (Å²) in [5, 5.41) is 4.23. The van der Waals surface area contributed by atoms with Gasteiger partial charge in [-0.1, -0.05) is 20.8 Å². The molecule has 0 aliphatic rings. The van der Waals surface area contributed by atoms with E-state index in [1.807, 2.05) is 0 Å². The fourth-order valence-electron chi connectivity index (χ4n) is 1.16. The zero-order valence-corrected chi connectivity index (χ0v) is 11.5. The quantitative estimate of drug-likeness (QED) is 0.863. The fourth-order valence-corrected chi connectivity index (χ4v) is 2.03. The summed E-state index contributed by atoms with van der Waals surface area (Å²) in [5.41, 5.74) is 0.0200. The standard InChI is InChI=1S/C11H21N3OS/c1-8(6-7-15-5)12-10-13-9(14-16-10)11(2,3)4/h8H,6-7H2,1-5H3,(H,12,13,14). The lowest BCUT2D eigenvalue weighted by Gasteiger charge is -2.13. The van der Waals surface area contributed by atoms with E-state index in [2.05, 4.69) is 42.4 Å². The summed E-state index contributed by atoms with van der Waals surface area (Å²) in [5.74, 6) is 0.902. The summed E-state index contributed by atoms with van der Waals surface area (Å²) in [7, 11) is 1.72. The van der Waals surface area contributed by atoms with Crippen LogP contribution in [0.2, 0.25) is 0 Å². The second-order valence-electron chi connectivity index (χ2n) is 5.00. The summed E-state index contributed by atoms with van der Waals surface area (Å²) in [6.45, 7) is 9.24. The van der Waals surface area contributed by atoms with Gasteiger partial charge in [-0.3, -0.25) is 0 Å². The highest BCUT2D eigenvalue weighted by Gasteiger charge is 2.19. The van der Waals surface area contributed by atoms with Crippen LogP contribution in [0.1, 0.15) is 39.9 Å². The third-order valence-corrected chi connectivity index (χ3v) is 2.87. The molecule has 16 heavy (non-hydrogen) atoms. The maximum atomic E-state index is 5.04. The van der Waals surface area contributed by atoms with Crippen LogP contribution in [0, 0.1) is 0 Å². The number of rotatable bonds is 5. The summed E-state index contributed by atoms with van der Waals surface area (Å²) >= 11 is 1.43. The number of methoxy groups -OCH3 is 1. The Morgan fingerprint density at radius 2 is 2.12 bits per heavy atom. The molecule has 0 radical (unpaired) electrons. The molecule has 0 amide bonds. The summed E-state index contributed by atoms with van der Waals surface area (Å²) in [6.07, 6.45) is 0.973. The minimum absolute atomic E-state index is 0.0200. The van der Waals surface area contributed by atoms with Crippen molar-refractivity contribution in [2.24, 2.45) is 0 Å². The van der Waals surface area contributed by atoms with Gasteiger partial charge in [-0.05, 0) is 13.3 Å². The molecule has 92 valence electrons. The van der Waals surface area contributed by atoms with E-state index < -0.39 is 0 Å². The zero-order chi connectivity index (χ0) is 12.2. The van der Waals surface area contributed by atoms with Crippen LogP contribution in [0.4, 0.5) is 5.13 Å². The van der Waals surface area contributed by atoms with Gasteiger partial charge < -0.3 is 10.1 Å². The molecule has 0 aliphatic heterocycles. The lowest BCUT2D eigenvalue weighted by atomic mass is 9.96. The van der Waals surface area contributed by atoms with Gasteiger partial charge in [-0.25, -0.2) is 4.98 Å². The molecule has 0 aromatic carbocycles. The number of anilines is 1. The molecule has 0 saturated heterocycles. The molecule has 5 heteroatoms. The summed E-state index contributed by atoms with van der Waals surface area (Å²) < 4.78 is 9.39. The lowest BCUT2D eigenvalue weighted by molar-refractivity contribution is 0.191. The second kappa shape index (κ2) is 5.59. The predicted molar refractivity (Wildman–Crippen MR) is 68.2 cm³/mol. The first kappa shape index (κ1) is 13.4. The van der Waals surface area contributed by atoms with Crippen molar-refractivity contribution in [3.8, 4) is 0 Å². The van der Waals surface area contributed by atoms with Gasteiger partial charge in [0.1, 0.15) is 5.82 Å². The molecule has 0 aliphatic carbocycles. The average molecular weight is 243 g/mol. The zero-order valence-electron chi connectivity index (χ0n) is 10.7. The number of nitrogens with one attached hydrogen (secondary N) is 1. The van der Waals surface area contributed by atoms with Crippen LogP contribution < -0.4 is 5.32 Å². The topological polar surface area (TPSA) is 47.0 Å². The van der Waals surface area contributed by atoms with Crippen LogP contribution in [0.5, 0.6) is 0 Å². The highest BCUT2D eigenvalue weighted by Crippen LogP contribution is 2.23. The van der Waals surface area contributed by atoms with Gasteiger partial charge in [0, 0.05) is 36.7 Å². The maximum Gasteiger partial charge on any atom is 0.202 e. The third kappa shape index (κ3) is 4.06. The van der Waals surface area contributed by atoms with Crippen molar-refractivity contribution >= 4 is 16.7 Å². The molecule has 1 heterocycles. The molecule has 0 spiro atoms. The number of aromatic nitrogens is 2. The van der Waals surface area contributed by atoms with Crippen LogP contribution in [-0.2, 0) is 10.2 Å². The molecule has 1 N–H and O–H groups in total. The van der Waals surface area contributed by atoms with Gasteiger partial charge in [-0.15, -0.1) is 0 Å². The van der Waals surface area contributed by atoms with E-state index in [1.54, 1.807) is 7.11 Å². The summed E-state index contributed by atoms with van der Waals surface area (Å²) in [4.78, 5) is 4.49. The molecular weight excluding hydrogens is 222 g/mol. The smallest absolute Gasteiger partial charge is 0.202 e. The Kier molecular flexibility index (Phi) is 4.68. The van der Waals surface area contributed by atoms with Crippen molar-refractivity contribution in [1.29, 1.82) is 0 Å². The monoisotopic (exact) mass is 243 g/mol. The number of hydrogen-bond donors (Lipinski definition) is 1.